The zero-order valence-electron chi connectivity index (χ0n) is 15.2. The minimum Gasteiger partial charge on any atom is -0.497 e. The van der Waals surface area contributed by atoms with Crippen LogP contribution in [0.5, 0.6) is 5.75 Å². The first-order valence-corrected chi connectivity index (χ1v) is 8.81. The first kappa shape index (κ1) is 17.5. The third-order valence-electron chi connectivity index (χ3n) is 5.16. The lowest BCUT2D eigenvalue weighted by atomic mass is 10.0. The smallest absolute Gasteiger partial charge is 0.150 e. The second-order valence-electron chi connectivity index (χ2n) is 6.64. The number of ether oxygens (including phenoxy) is 1. The van der Waals surface area contributed by atoms with Crippen LogP contribution in [0.15, 0.2) is 42.5 Å². The number of aldehydes is 1. The average Bonchev–Trinajstić information content (AvgIpc) is 2.67. The number of benzene rings is 2. The average molecular weight is 338 g/mol. The topological polar surface area (TPSA) is 32.8 Å². The van der Waals surface area contributed by atoms with Crippen molar-refractivity contribution in [3.63, 3.8) is 0 Å². The molecule has 0 N–H and O–H groups in total. The van der Waals surface area contributed by atoms with Gasteiger partial charge >= 0.3 is 0 Å². The molecule has 0 aromatic heterocycles. The summed E-state index contributed by atoms with van der Waals surface area (Å²) in [4.78, 5) is 15.9. The summed E-state index contributed by atoms with van der Waals surface area (Å²) in [6.45, 7) is 8.41. The molecule has 2 aromatic rings. The van der Waals surface area contributed by atoms with Gasteiger partial charge in [-0.3, -0.25) is 9.69 Å². The second-order valence-corrected chi connectivity index (χ2v) is 6.64. The highest BCUT2D eigenvalue weighted by Gasteiger charge is 2.23. The lowest BCUT2D eigenvalue weighted by molar-refractivity contribution is 0.112. The van der Waals surface area contributed by atoms with E-state index in [-0.39, 0.29) is 0 Å². The van der Waals surface area contributed by atoms with Gasteiger partial charge < -0.3 is 9.64 Å². The molecule has 3 rings (SSSR count). The maximum absolute atomic E-state index is 10.9. The van der Waals surface area contributed by atoms with E-state index in [0.717, 1.165) is 43.8 Å². The molecule has 132 valence electrons. The maximum Gasteiger partial charge on any atom is 0.150 e. The summed E-state index contributed by atoms with van der Waals surface area (Å²) < 4.78 is 5.24. The third-order valence-corrected chi connectivity index (χ3v) is 5.16. The van der Waals surface area contributed by atoms with E-state index in [9.17, 15) is 4.79 Å². The highest BCUT2D eigenvalue weighted by atomic mass is 16.5. The largest absolute Gasteiger partial charge is 0.497 e. The Morgan fingerprint density at radius 1 is 1.04 bits per heavy atom. The summed E-state index contributed by atoms with van der Waals surface area (Å²) in [7, 11) is 1.70. The number of rotatable bonds is 5. The molecule has 1 fully saturated rings. The van der Waals surface area contributed by atoms with Crippen molar-refractivity contribution in [2.75, 3.05) is 38.2 Å². The molecule has 0 aliphatic carbocycles. The van der Waals surface area contributed by atoms with Crippen LogP contribution in [-0.4, -0.2) is 44.5 Å². The van der Waals surface area contributed by atoms with Gasteiger partial charge in [0.25, 0.3) is 0 Å². The van der Waals surface area contributed by atoms with E-state index in [4.69, 9.17) is 4.74 Å². The summed E-state index contributed by atoms with van der Waals surface area (Å²) >= 11 is 0. The molecule has 1 aliphatic heterocycles. The number of carbonyl (C=O) groups excluding carboxylic acids is 1. The van der Waals surface area contributed by atoms with E-state index in [1.807, 2.05) is 24.3 Å². The number of carbonyl (C=O) groups is 1. The number of hydrogen-bond acceptors (Lipinski definition) is 4. The van der Waals surface area contributed by atoms with Crippen LogP contribution in [0.2, 0.25) is 0 Å². The number of aryl methyl sites for hydroxylation is 1. The van der Waals surface area contributed by atoms with Crippen molar-refractivity contribution in [1.29, 1.82) is 0 Å². The molecule has 4 nitrogen and oxygen atoms in total. The van der Waals surface area contributed by atoms with Gasteiger partial charge in [-0.1, -0.05) is 12.1 Å². The van der Waals surface area contributed by atoms with Gasteiger partial charge in [0.1, 0.15) is 12.0 Å². The quantitative estimate of drug-likeness (QED) is 0.778. The summed E-state index contributed by atoms with van der Waals surface area (Å²) in [5, 5.41) is 0. The Bertz CT molecular complexity index is 719. The fourth-order valence-electron chi connectivity index (χ4n) is 3.55. The van der Waals surface area contributed by atoms with Gasteiger partial charge in [-0.2, -0.15) is 0 Å². The second kappa shape index (κ2) is 7.70. The molecule has 1 heterocycles. The molecule has 0 radical (unpaired) electrons. The van der Waals surface area contributed by atoms with Crippen molar-refractivity contribution >= 4 is 12.0 Å². The number of methoxy groups -OCH3 is 1. The van der Waals surface area contributed by atoms with Gasteiger partial charge in [0.2, 0.25) is 0 Å². The van der Waals surface area contributed by atoms with Gasteiger partial charge in [0.05, 0.1) is 7.11 Å². The summed E-state index contributed by atoms with van der Waals surface area (Å²) in [6.07, 6.45) is 0.908. The van der Waals surface area contributed by atoms with Gasteiger partial charge in [0.15, 0.2) is 0 Å². The Labute approximate surface area is 150 Å². The maximum atomic E-state index is 10.9. The van der Waals surface area contributed by atoms with Crippen LogP contribution >= 0.6 is 0 Å². The Kier molecular flexibility index (Phi) is 5.39. The summed E-state index contributed by atoms with van der Waals surface area (Å²) in [6, 6.07) is 14.7. The zero-order valence-corrected chi connectivity index (χ0v) is 15.2. The first-order valence-electron chi connectivity index (χ1n) is 8.81. The third kappa shape index (κ3) is 3.85. The number of hydrogen-bond donors (Lipinski definition) is 0. The standard InChI is InChI=1S/C21H26N2O2/c1-16-14-18(15-24)4-9-21(16)23-12-10-22(11-13-23)17(2)19-5-7-20(25-3)8-6-19/h4-9,14-15,17H,10-13H2,1-3H3/t17-/m1/s1. The molecule has 0 bridgehead atoms. The monoisotopic (exact) mass is 338 g/mol. The van der Waals surface area contributed by atoms with Gasteiger partial charge in [0, 0.05) is 43.5 Å². The number of anilines is 1. The molecule has 25 heavy (non-hydrogen) atoms. The molecule has 2 aromatic carbocycles. The molecular weight excluding hydrogens is 312 g/mol. The molecule has 0 spiro atoms. The van der Waals surface area contributed by atoms with Crippen molar-refractivity contribution in [2.24, 2.45) is 0 Å². The molecular formula is C21H26N2O2. The van der Waals surface area contributed by atoms with E-state index in [1.54, 1.807) is 7.11 Å². The SMILES string of the molecule is COc1ccc([C@@H](C)N2CCN(c3ccc(C=O)cc3C)CC2)cc1. The zero-order chi connectivity index (χ0) is 17.8. The molecule has 0 saturated carbocycles. The molecule has 0 unspecified atom stereocenters. The molecule has 4 heteroatoms. The van der Waals surface area contributed by atoms with Crippen LogP contribution in [0.25, 0.3) is 0 Å². The van der Waals surface area contributed by atoms with E-state index in [2.05, 4.69) is 41.8 Å². The van der Waals surface area contributed by atoms with E-state index >= 15 is 0 Å². The number of piperazine rings is 1. The van der Waals surface area contributed by atoms with Gasteiger partial charge in [-0.15, -0.1) is 0 Å². The Hall–Kier alpha value is -2.33. The van der Waals surface area contributed by atoms with E-state index < -0.39 is 0 Å². The number of nitrogens with zero attached hydrogens (tertiary/aromatic N) is 2. The highest BCUT2D eigenvalue weighted by molar-refractivity contribution is 5.77. The minimum atomic E-state index is 0.395. The van der Waals surface area contributed by atoms with Gasteiger partial charge in [-0.25, -0.2) is 0 Å². The van der Waals surface area contributed by atoms with Crippen molar-refractivity contribution in [1.82, 2.24) is 4.90 Å². The van der Waals surface area contributed by atoms with Crippen LogP contribution in [0.3, 0.4) is 0 Å². The Morgan fingerprint density at radius 3 is 2.28 bits per heavy atom. The summed E-state index contributed by atoms with van der Waals surface area (Å²) in [5.41, 5.74) is 4.47. The van der Waals surface area contributed by atoms with Crippen LogP contribution in [-0.2, 0) is 0 Å². The lowest BCUT2D eigenvalue weighted by Gasteiger charge is -2.39. The normalized spacial score (nSPS) is 16.5. The predicted molar refractivity (Wildman–Crippen MR) is 102 cm³/mol. The molecule has 1 atom stereocenters. The van der Waals surface area contributed by atoms with E-state index in [1.165, 1.54) is 16.8 Å². The molecule has 0 amide bonds. The van der Waals surface area contributed by atoms with Crippen LogP contribution in [0.1, 0.15) is 34.5 Å². The Balaban J connectivity index is 1.63. The molecule has 1 aliphatic rings. The van der Waals surface area contributed by atoms with Crippen LogP contribution in [0, 0.1) is 6.92 Å². The highest BCUT2D eigenvalue weighted by Crippen LogP contribution is 2.27. The van der Waals surface area contributed by atoms with Gasteiger partial charge in [-0.05, 0) is 55.3 Å². The predicted octanol–water partition coefficient (Wildman–Crippen LogP) is 3.70. The summed E-state index contributed by atoms with van der Waals surface area (Å²) in [5.74, 6) is 0.898. The van der Waals surface area contributed by atoms with Crippen molar-refractivity contribution < 1.29 is 9.53 Å². The fraction of sp³-hybridized carbons (Fsp3) is 0.381. The van der Waals surface area contributed by atoms with Crippen molar-refractivity contribution in [2.45, 2.75) is 19.9 Å². The Morgan fingerprint density at radius 2 is 1.72 bits per heavy atom. The fourth-order valence-corrected chi connectivity index (χ4v) is 3.55. The van der Waals surface area contributed by atoms with Crippen LogP contribution < -0.4 is 9.64 Å². The van der Waals surface area contributed by atoms with Crippen LogP contribution in [0.4, 0.5) is 5.69 Å². The lowest BCUT2D eigenvalue weighted by Crippen LogP contribution is -2.47. The minimum absolute atomic E-state index is 0.395. The van der Waals surface area contributed by atoms with E-state index in [0.29, 0.717) is 6.04 Å². The first-order chi connectivity index (χ1) is 12.1. The molecule has 1 saturated heterocycles. The van der Waals surface area contributed by atoms with Crippen molar-refractivity contribution in [3.05, 3.63) is 59.2 Å². The van der Waals surface area contributed by atoms with Crippen molar-refractivity contribution in [3.8, 4) is 5.75 Å².